The number of amides is 2. The van der Waals surface area contributed by atoms with Crippen LogP contribution in [0, 0.1) is 0 Å². The number of hydrogen-bond donors (Lipinski definition) is 0. The second-order valence-electron chi connectivity index (χ2n) is 6.45. The SMILES string of the molecule is O=C1[C@@H](Cc2ccccc2)N(C(=O)C(F)(F)F)CCN1Cc1ccccc1. The highest BCUT2D eigenvalue weighted by atomic mass is 19.4. The molecule has 0 aliphatic carbocycles. The van der Waals surface area contributed by atoms with Crippen molar-refractivity contribution in [3.63, 3.8) is 0 Å². The molecule has 0 bridgehead atoms. The van der Waals surface area contributed by atoms with E-state index in [4.69, 9.17) is 0 Å². The topological polar surface area (TPSA) is 40.6 Å². The molecule has 142 valence electrons. The number of piperazine rings is 1. The average Bonchev–Trinajstić information content (AvgIpc) is 2.65. The second-order valence-corrected chi connectivity index (χ2v) is 6.45. The van der Waals surface area contributed by atoms with E-state index in [2.05, 4.69) is 0 Å². The number of carbonyl (C=O) groups is 2. The van der Waals surface area contributed by atoms with Crippen LogP contribution in [0.3, 0.4) is 0 Å². The van der Waals surface area contributed by atoms with E-state index in [0.717, 1.165) is 5.56 Å². The molecule has 4 nitrogen and oxygen atoms in total. The summed E-state index contributed by atoms with van der Waals surface area (Å²) in [6.45, 7) is 0.230. The highest BCUT2D eigenvalue weighted by Gasteiger charge is 2.48. The van der Waals surface area contributed by atoms with Crippen LogP contribution in [0.25, 0.3) is 0 Å². The van der Waals surface area contributed by atoms with Gasteiger partial charge in [-0.3, -0.25) is 9.59 Å². The highest BCUT2D eigenvalue weighted by molar-refractivity contribution is 5.91. The summed E-state index contributed by atoms with van der Waals surface area (Å²) in [5.41, 5.74) is 1.59. The number of nitrogens with zero attached hydrogens (tertiary/aromatic N) is 2. The number of halogens is 3. The van der Waals surface area contributed by atoms with Crippen LogP contribution in [0.2, 0.25) is 0 Å². The third-order valence-corrected chi connectivity index (χ3v) is 4.58. The molecular weight excluding hydrogens is 357 g/mol. The predicted molar refractivity (Wildman–Crippen MR) is 93.6 cm³/mol. The molecule has 0 aromatic heterocycles. The Balaban J connectivity index is 1.84. The van der Waals surface area contributed by atoms with E-state index in [-0.39, 0.29) is 19.5 Å². The zero-order valence-electron chi connectivity index (χ0n) is 14.5. The standard InChI is InChI=1S/C20H19F3N2O2/c21-20(22,23)19(27)25-12-11-24(14-16-9-5-2-6-10-16)18(26)17(25)13-15-7-3-1-4-8-15/h1-10,17H,11-14H2/t17-/m1/s1. The predicted octanol–water partition coefficient (Wildman–Crippen LogP) is 3.03. The third-order valence-electron chi connectivity index (χ3n) is 4.58. The maximum absolute atomic E-state index is 13.0. The Morgan fingerprint density at radius 1 is 0.926 bits per heavy atom. The minimum atomic E-state index is -5.00. The molecule has 2 aromatic carbocycles. The molecule has 7 heteroatoms. The summed E-state index contributed by atoms with van der Waals surface area (Å²) < 4.78 is 39.0. The Bertz CT molecular complexity index is 794. The lowest BCUT2D eigenvalue weighted by atomic mass is 10.0. The van der Waals surface area contributed by atoms with Crippen molar-refractivity contribution in [2.45, 2.75) is 25.2 Å². The van der Waals surface area contributed by atoms with Crippen molar-refractivity contribution in [2.75, 3.05) is 13.1 Å². The molecule has 1 aliphatic rings. The fraction of sp³-hybridized carbons (Fsp3) is 0.300. The van der Waals surface area contributed by atoms with Crippen LogP contribution in [0.1, 0.15) is 11.1 Å². The van der Waals surface area contributed by atoms with Gasteiger partial charge in [0.15, 0.2) is 0 Å². The lowest BCUT2D eigenvalue weighted by molar-refractivity contribution is -0.191. The summed E-state index contributed by atoms with van der Waals surface area (Å²) in [7, 11) is 0. The monoisotopic (exact) mass is 376 g/mol. The summed E-state index contributed by atoms with van der Waals surface area (Å²) in [5, 5.41) is 0. The van der Waals surface area contributed by atoms with Gasteiger partial charge in [-0.1, -0.05) is 60.7 Å². The van der Waals surface area contributed by atoms with Crippen molar-refractivity contribution in [3.05, 3.63) is 71.8 Å². The summed E-state index contributed by atoms with van der Waals surface area (Å²) in [5.74, 6) is -2.43. The molecule has 0 saturated carbocycles. The van der Waals surface area contributed by atoms with E-state index in [0.29, 0.717) is 17.0 Å². The lowest BCUT2D eigenvalue weighted by Gasteiger charge is -2.41. The molecule has 2 amide bonds. The van der Waals surface area contributed by atoms with Gasteiger partial charge < -0.3 is 9.80 Å². The maximum Gasteiger partial charge on any atom is 0.471 e. The van der Waals surface area contributed by atoms with Crippen molar-refractivity contribution in [2.24, 2.45) is 0 Å². The first-order chi connectivity index (χ1) is 12.9. The molecule has 1 heterocycles. The third kappa shape index (κ3) is 4.48. The summed E-state index contributed by atoms with van der Waals surface area (Å²) in [4.78, 5) is 27.0. The minimum Gasteiger partial charge on any atom is -0.335 e. The number of benzene rings is 2. The molecule has 0 spiro atoms. The summed E-state index contributed by atoms with van der Waals surface area (Å²) >= 11 is 0. The molecule has 3 rings (SSSR count). The molecule has 0 radical (unpaired) electrons. The van der Waals surface area contributed by atoms with Gasteiger partial charge in [-0.05, 0) is 11.1 Å². The van der Waals surface area contributed by atoms with Crippen molar-refractivity contribution >= 4 is 11.8 Å². The Kier molecular flexibility index (Phi) is 5.48. The average molecular weight is 376 g/mol. The van der Waals surface area contributed by atoms with Crippen LogP contribution < -0.4 is 0 Å². The zero-order valence-corrected chi connectivity index (χ0v) is 14.5. The molecule has 27 heavy (non-hydrogen) atoms. The fourth-order valence-electron chi connectivity index (χ4n) is 3.24. The molecule has 0 unspecified atom stereocenters. The lowest BCUT2D eigenvalue weighted by Crippen LogP contribution is -2.61. The maximum atomic E-state index is 13.0. The van der Waals surface area contributed by atoms with E-state index in [1.54, 1.807) is 30.3 Å². The first-order valence-electron chi connectivity index (χ1n) is 8.60. The van der Waals surface area contributed by atoms with Gasteiger partial charge >= 0.3 is 12.1 Å². The second kappa shape index (κ2) is 7.82. The van der Waals surface area contributed by atoms with E-state index < -0.39 is 24.0 Å². The summed E-state index contributed by atoms with van der Waals surface area (Å²) in [6.07, 6.45) is -4.95. The smallest absolute Gasteiger partial charge is 0.335 e. The molecular formula is C20H19F3N2O2. The quantitative estimate of drug-likeness (QED) is 0.823. The van der Waals surface area contributed by atoms with Gasteiger partial charge in [0.1, 0.15) is 6.04 Å². The van der Waals surface area contributed by atoms with Gasteiger partial charge in [0.05, 0.1) is 0 Å². The van der Waals surface area contributed by atoms with Gasteiger partial charge in [-0.15, -0.1) is 0 Å². The Morgan fingerprint density at radius 2 is 1.48 bits per heavy atom. The fourth-order valence-corrected chi connectivity index (χ4v) is 3.24. The number of rotatable bonds is 4. The first kappa shape index (κ1) is 18.9. The van der Waals surface area contributed by atoms with E-state index in [1.807, 2.05) is 30.3 Å². The molecule has 2 aromatic rings. The van der Waals surface area contributed by atoms with Crippen LogP contribution in [0.4, 0.5) is 13.2 Å². The van der Waals surface area contributed by atoms with Crippen molar-refractivity contribution in [1.82, 2.24) is 9.80 Å². The van der Waals surface area contributed by atoms with Crippen LogP contribution in [0.15, 0.2) is 60.7 Å². The van der Waals surface area contributed by atoms with Crippen LogP contribution in [0.5, 0.6) is 0 Å². The highest BCUT2D eigenvalue weighted by Crippen LogP contribution is 2.25. The van der Waals surface area contributed by atoms with Crippen LogP contribution >= 0.6 is 0 Å². The number of hydrogen-bond acceptors (Lipinski definition) is 2. The molecule has 1 atom stereocenters. The largest absolute Gasteiger partial charge is 0.471 e. The van der Waals surface area contributed by atoms with Gasteiger partial charge in [-0.2, -0.15) is 13.2 Å². The normalized spacial score (nSPS) is 17.9. The van der Waals surface area contributed by atoms with E-state index >= 15 is 0 Å². The Hall–Kier alpha value is -2.83. The van der Waals surface area contributed by atoms with E-state index in [9.17, 15) is 22.8 Å². The molecule has 1 fully saturated rings. The van der Waals surface area contributed by atoms with Crippen LogP contribution in [-0.2, 0) is 22.6 Å². The Morgan fingerprint density at radius 3 is 2.04 bits per heavy atom. The number of alkyl halides is 3. The summed E-state index contributed by atoms with van der Waals surface area (Å²) in [6, 6.07) is 16.8. The Labute approximate surface area is 155 Å². The van der Waals surface area contributed by atoms with E-state index in [1.165, 1.54) is 4.90 Å². The van der Waals surface area contributed by atoms with Crippen LogP contribution in [-0.4, -0.2) is 46.9 Å². The minimum absolute atomic E-state index is 0.0484. The zero-order chi connectivity index (χ0) is 19.4. The van der Waals surface area contributed by atoms with Gasteiger partial charge in [0.25, 0.3) is 0 Å². The molecule has 0 N–H and O–H groups in total. The molecule has 1 saturated heterocycles. The van der Waals surface area contributed by atoms with Gasteiger partial charge in [0.2, 0.25) is 5.91 Å². The molecule has 1 aliphatic heterocycles. The van der Waals surface area contributed by atoms with Gasteiger partial charge in [0, 0.05) is 26.1 Å². The number of carbonyl (C=O) groups excluding carboxylic acids is 2. The van der Waals surface area contributed by atoms with Crippen molar-refractivity contribution < 1.29 is 22.8 Å². The van der Waals surface area contributed by atoms with Gasteiger partial charge in [-0.25, -0.2) is 0 Å². The van der Waals surface area contributed by atoms with Crippen molar-refractivity contribution in [1.29, 1.82) is 0 Å². The first-order valence-corrected chi connectivity index (χ1v) is 8.60. The van der Waals surface area contributed by atoms with Crippen molar-refractivity contribution in [3.8, 4) is 0 Å².